The molecule has 3 aromatic rings. The number of amides is 1. The van der Waals surface area contributed by atoms with Gasteiger partial charge in [-0.25, -0.2) is 4.39 Å². The summed E-state index contributed by atoms with van der Waals surface area (Å²) >= 11 is 0. The van der Waals surface area contributed by atoms with Crippen LogP contribution in [0.2, 0.25) is 0 Å². The fourth-order valence-corrected chi connectivity index (χ4v) is 2.38. The normalized spacial score (nSPS) is 11.3. The number of hydrogen-bond acceptors (Lipinski definition) is 4. The molecule has 3 rings (SSSR count). The van der Waals surface area contributed by atoms with Gasteiger partial charge in [0, 0.05) is 5.39 Å². The highest BCUT2D eigenvalue weighted by Crippen LogP contribution is 2.35. The highest BCUT2D eigenvalue weighted by atomic mass is 19.1. The van der Waals surface area contributed by atoms with Crippen LogP contribution >= 0.6 is 0 Å². The number of aromatic hydroxyl groups is 1. The Bertz CT molecular complexity index is 979. The van der Waals surface area contributed by atoms with E-state index >= 15 is 0 Å². The summed E-state index contributed by atoms with van der Waals surface area (Å²) in [6, 6.07) is 9.60. The van der Waals surface area contributed by atoms with Gasteiger partial charge in [0.25, 0.3) is 0 Å². The molecule has 6 nitrogen and oxygen atoms in total. The summed E-state index contributed by atoms with van der Waals surface area (Å²) in [5.41, 5.74) is 2.37. The smallest absolute Gasteiger partial charge is 0.302 e. The van der Waals surface area contributed by atoms with Crippen molar-refractivity contribution in [2.75, 3.05) is 6.61 Å². The fourth-order valence-electron chi connectivity index (χ4n) is 2.38. The average Bonchev–Trinajstić information content (AvgIpc) is 2.88. The summed E-state index contributed by atoms with van der Waals surface area (Å²) < 4.78 is 18.6. The molecule has 0 aliphatic heterocycles. The molecule has 0 unspecified atom stereocenters. The van der Waals surface area contributed by atoms with Crippen molar-refractivity contribution >= 4 is 22.5 Å². The number of carbonyl (C=O) groups excluding carboxylic acids is 1. The molecular formula is C18H16FN3O3. The molecule has 128 valence electrons. The third-order valence-corrected chi connectivity index (χ3v) is 3.67. The molecule has 0 bridgehead atoms. The van der Waals surface area contributed by atoms with Crippen LogP contribution in [0, 0.1) is 19.7 Å². The van der Waals surface area contributed by atoms with Gasteiger partial charge < -0.3 is 14.8 Å². The number of H-pyrrole nitrogens is 1. The van der Waals surface area contributed by atoms with Crippen molar-refractivity contribution < 1.29 is 19.0 Å². The molecule has 7 heteroatoms. The predicted molar refractivity (Wildman–Crippen MR) is 90.9 cm³/mol. The molecule has 0 spiro atoms. The minimum atomic E-state index is -0.600. The van der Waals surface area contributed by atoms with E-state index in [9.17, 15) is 14.3 Å². The molecule has 0 fully saturated rings. The largest absolute Gasteiger partial charge is 0.493 e. The lowest BCUT2D eigenvalue weighted by Gasteiger charge is -2.07. The fraction of sp³-hybridized carbons (Fsp3) is 0.167. The van der Waals surface area contributed by atoms with E-state index < -0.39 is 11.7 Å². The quantitative estimate of drug-likeness (QED) is 0.693. The van der Waals surface area contributed by atoms with E-state index in [0.717, 1.165) is 11.1 Å². The second-order valence-electron chi connectivity index (χ2n) is 5.66. The van der Waals surface area contributed by atoms with Crippen LogP contribution in [0.3, 0.4) is 0 Å². The second kappa shape index (κ2) is 6.72. The number of halogens is 1. The van der Waals surface area contributed by atoms with Gasteiger partial charge in [-0.2, -0.15) is 0 Å². The lowest BCUT2D eigenvalue weighted by atomic mass is 10.1. The first-order chi connectivity index (χ1) is 11.9. The highest BCUT2D eigenvalue weighted by molar-refractivity contribution is 5.94. The Morgan fingerprint density at radius 3 is 2.84 bits per heavy atom. The van der Waals surface area contributed by atoms with E-state index in [1.165, 1.54) is 18.2 Å². The standard InChI is InChI=1S/C18H16FN3O3/c1-10-3-4-11(2)15(7-10)25-9-16(23)21-22-17-13-6-5-12(19)8-14(13)20-18(17)24/h3-8,20,24H,9H2,1-2H3. The number of aryl methyl sites for hydroxylation is 2. The number of aromatic amines is 1. The average molecular weight is 341 g/mol. The number of azo groups is 1. The minimum Gasteiger partial charge on any atom is -0.493 e. The predicted octanol–water partition coefficient (Wildman–Crippen LogP) is 4.32. The van der Waals surface area contributed by atoms with Crippen molar-refractivity contribution in [1.29, 1.82) is 0 Å². The third-order valence-electron chi connectivity index (χ3n) is 3.67. The van der Waals surface area contributed by atoms with Crippen LogP contribution in [-0.4, -0.2) is 22.6 Å². The minimum absolute atomic E-state index is 0.0788. The maximum Gasteiger partial charge on any atom is 0.302 e. The number of fused-ring (bicyclic) bond motifs is 1. The van der Waals surface area contributed by atoms with Gasteiger partial charge >= 0.3 is 5.91 Å². The first-order valence-electron chi connectivity index (χ1n) is 7.59. The molecule has 2 N–H and O–H groups in total. The molecule has 25 heavy (non-hydrogen) atoms. The second-order valence-corrected chi connectivity index (χ2v) is 5.66. The van der Waals surface area contributed by atoms with Crippen molar-refractivity contribution in [3.63, 3.8) is 0 Å². The van der Waals surface area contributed by atoms with E-state index in [2.05, 4.69) is 15.2 Å². The van der Waals surface area contributed by atoms with Crippen molar-refractivity contribution in [1.82, 2.24) is 4.98 Å². The van der Waals surface area contributed by atoms with E-state index in [1.54, 1.807) is 0 Å². The van der Waals surface area contributed by atoms with Crippen molar-refractivity contribution in [2.45, 2.75) is 13.8 Å². The lowest BCUT2D eigenvalue weighted by molar-refractivity contribution is -0.120. The Morgan fingerprint density at radius 1 is 1.24 bits per heavy atom. The molecule has 1 heterocycles. The summed E-state index contributed by atoms with van der Waals surface area (Å²) in [7, 11) is 0. The van der Waals surface area contributed by atoms with Crippen molar-refractivity contribution in [3.05, 3.63) is 53.3 Å². The molecule has 0 saturated heterocycles. The number of nitrogens with one attached hydrogen (secondary N) is 1. The van der Waals surface area contributed by atoms with Gasteiger partial charge in [-0.3, -0.25) is 4.79 Å². The van der Waals surface area contributed by atoms with Crippen LogP contribution < -0.4 is 4.74 Å². The monoisotopic (exact) mass is 341 g/mol. The number of hydrogen-bond donors (Lipinski definition) is 2. The summed E-state index contributed by atoms with van der Waals surface area (Å²) in [5, 5.41) is 17.6. The SMILES string of the molecule is Cc1ccc(C)c(OCC(=O)N=Nc2c(O)[nH]c3cc(F)ccc23)c1. The van der Waals surface area contributed by atoms with Gasteiger partial charge in [0.2, 0.25) is 5.88 Å². The highest BCUT2D eigenvalue weighted by Gasteiger charge is 2.12. The van der Waals surface area contributed by atoms with Gasteiger partial charge in [0.15, 0.2) is 12.3 Å². The molecular weight excluding hydrogens is 325 g/mol. The summed E-state index contributed by atoms with van der Waals surface area (Å²) in [6.45, 7) is 3.53. The van der Waals surface area contributed by atoms with Crippen molar-refractivity contribution in [2.24, 2.45) is 10.2 Å². The number of carbonyl (C=O) groups is 1. The van der Waals surface area contributed by atoms with E-state index in [0.29, 0.717) is 16.7 Å². The molecule has 1 aromatic heterocycles. The Morgan fingerprint density at radius 2 is 2.04 bits per heavy atom. The molecule has 0 saturated carbocycles. The van der Waals surface area contributed by atoms with Gasteiger partial charge in [-0.05, 0) is 49.2 Å². The number of ether oxygens (including phenoxy) is 1. The number of benzene rings is 2. The molecule has 1 amide bonds. The van der Waals surface area contributed by atoms with Gasteiger partial charge in [-0.1, -0.05) is 12.1 Å². The van der Waals surface area contributed by atoms with Gasteiger partial charge in [0.05, 0.1) is 5.52 Å². The topological polar surface area (TPSA) is 87.0 Å². The van der Waals surface area contributed by atoms with E-state index in [-0.39, 0.29) is 18.2 Å². The Hall–Kier alpha value is -3.22. The maximum absolute atomic E-state index is 13.2. The first kappa shape index (κ1) is 16.6. The zero-order valence-electron chi connectivity index (χ0n) is 13.7. The Labute approximate surface area is 143 Å². The van der Waals surface area contributed by atoms with Crippen LogP contribution in [-0.2, 0) is 4.79 Å². The molecule has 0 aliphatic rings. The Kier molecular flexibility index (Phi) is 4.47. The number of nitrogens with zero attached hydrogens (tertiary/aromatic N) is 2. The lowest BCUT2D eigenvalue weighted by Crippen LogP contribution is -2.08. The van der Waals surface area contributed by atoms with Crippen molar-refractivity contribution in [3.8, 4) is 11.6 Å². The molecule has 0 aliphatic carbocycles. The number of rotatable bonds is 4. The molecule has 0 atom stereocenters. The summed E-state index contributed by atoms with van der Waals surface area (Å²) in [6.07, 6.45) is 0. The third kappa shape index (κ3) is 3.65. The summed E-state index contributed by atoms with van der Waals surface area (Å²) in [4.78, 5) is 14.5. The zero-order valence-corrected chi connectivity index (χ0v) is 13.7. The van der Waals surface area contributed by atoms with Crippen LogP contribution in [0.5, 0.6) is 11.6 Å². The number of aromatic nitrogens is 1. The van der Waals surface area contributed by atoms with Gasteiger partial charge in [-0.15, -0.1) is 10.2 Å². The van der Waals surface area contributed by atoms with E-state index in [4.69, 9.17) is 4.74 Å². The van der Waals surface area contributed by atoms with Crippen LogP contribution in [0.15, 0.2) is 46.6 Å². The summed E-state index contributed by atoms with van der Waals surface area (Å²) in [5.74, 6) is -0.728. The zero-order chi connectivity index (χ0) is 18.0. The molecule has 0 radical (unpaired) electrons. The van der Waals surface area contributed by atoms with Crippen LogP contribution in [0.25, 0.3) is 10.9 Å². The Balaban J connectivity index is 1.73. The van der Waals surface area contributed by atoms with Crippen LogP contribution in [0.4, 0.5) is 10.1 Å². The van der Waals surface area contributed by atoms with E-state index in [1.807, 2.05) is 32.0 Å². The van der Waals surface area contributed by atoms with Gasteiger partial charge in [0.1, 0.15) is 11.6 Å². The molecule has 2 aromatic carbocycles. The van der Waals surface area contributed by atoms with Crippen LogP contribution in [0.1, 0.15) is 11.1 Å². The first-order valence-corrected chi connectivity index (χ1v) is 7.59. The maximum atomic E-state index is 13.2.